The van der Waals surface area contributed by atoms with Gasteiger partial charge in [-0.15, -0.1) is 0 Å². The average Bonchev–Trinajstić information content (AvgIpc) is 2.99. The van der Waals surface area contributed by atoms with Crippen molar-refractivity contribution in [2.75, 3.05) is 0 Å². The lowest BCUT2D eigenvalue weighted by molar-refractivity contribution is 0.0694. The quantitative estimate of drug-likeness (QED) is 0.866. The minimum Gasteiger partial charge on any atom is -0.477 e. The number of nitrogens with zero attached hydrogens (tertiary/aromatic N) is 1. The van der Waals surface area contributed by atoms with E-state index < -0.39 is 39.8 Å². The Bertz CT molecular complexity index is 838. The Hall–Kier alpha value is -2.31. The van der Waals surface area contributed by atoms with Crippen molar-refractivity contribution in [2.24, 2.45) is 0 Å². The Labute approximate surface area is 122 Å². The normalized spacial score (nSPS) is 15.6. The fourth-order valence-electron chi connectivity index (χ4n) is 3.04. The summed E-state index contributed by atoms with van der Waals surface area (Å²) in [5, 5.41) is 8.66. The van der Waals surface area contributed by atoms with Crippen LogP contribution >= 0.6 is 0 Å². The first-order valence-electron chi connectivity index (χ1n) is 6.87. The van der Waals surface area contributed by atoms with Crippen LogP contribution in [-0.2, 0) is 0 Å². The molecule has 1 fully saturated rings. The SMILES string of the molecule is O=C(O)c1cn(C2CCCC2)c2c(F)c(F)c(F)cc2c1=O. The van der Waals surface area contributed by atoms with Crippen molar-refractivity contribution in [3.8, 4) is 0 Å². The first kappa shape index (κ1) is 14.6. The topological polar surface area (TPSA) is 59.3 Å². The summed E-state index contributed by atoms with van der Waals surface area (Å²) in [5.41, 5.74) is -1.97. The van der Waals surface area contributed by atoms with Crippen LogP contribution in [0.3, 0.4) is 0 Å². The molecule has 0 spiro atoms. The van der Waals surface area contributed by atoms with Crippen LogP contribution in [0.2, 0.25) is 0 Å². The predicted octanol–water partition coefficient (Wildman–Crippen LogP) is 3.23. The Kier molecular flexibility index (Phi) is 3.42. The summed E-state index contributed by atoms with van der Waals surface area (Å²) >= 11 is 0. The van der Waals surface area contributed by atoms with Gasteiger partial charge in [-0.1, -0.05) is 12.8 Å². The summed E-state index contributed by atoms with van der Waals surface area (Å²) in [6.07, 6.45) is 4.09. The number of carboxylic acids is 1. The molecule has 22 heavy (non-hydrogen) atoms. The summed E-state index contributed by atoms with van der Waals surface area (Å²) in [6, 6.07) is 0.328. The number of halogens is 3. The minimum absolute atomic E-state index is 0.236. The smallest absolute Gasteiger partial charge is 0.341 e. The van der Waals surface area contributed by atoms with Crippen LogP contribution in [0.5, 0.6) is 0 Å². The van der Waals surface area contributed by atoms with E-state index in [1.807, 2.05) is 0 Å². The average molecular weight is 311 g/mol. The Morgan fingerprint density at radius 3 is 2.41 bits per heavy atom. The second-order valence-electron chi connectivity index (χ2n) is 5.41. The van der Waals surface area contributed by atoms with E-state index in [0.717, 1.165) is 19.0 Å². The molecule has 1 heterocycles. The largest absolute Gasteiger partial charge is 0.477 e. The Morgan fingerprint density at radius 1 is 1.18 bits per heavy atom. The van der Waals surface area contributed by atoms with Crippen LogP contribution in [0, 0.1) is 17.5 Å². The minimum atomic E-state index is -1.67. The van der Waals surface area contributed by atoms with Gasteiger partial charge in [0.1, 0.15) is 5.56 Å². The highest BCUT2D eigenvalue weighted by Crippen LogP contribution is 2.33. The summed E-state index contributed by atoms with van der Waals surface area (Å²) in [6.45, 7) is 0. The monoisotopic (exact) mass is 311 g/mol. The van der Waals surface area contributed by atoms with Crippen molar-refractivity contribution in [1.29, 1.82) is 0 Å². The van der Waals surface area contributed by atoms with Gasteiger partial charge < -0.3 is 9.67 Å². The molecule has 2 aromatic rings. The molecular weight excluding hydrogens is 299 g/mol. The standard InChI is InChI=1S/C15H12F3NO3/c16-10-5-8-13(12(18)11(10)17)19(7-3-1-2-4-7)6-9(14(8)20)15(21)22/h5-7H,1-4H2,(H,21,22). The maximum absolute atomic E-state index is 14.2. The summed E-state index contributed by atoms with van der Waals surface area (Å²) in [4.78, 5) is 23.3. The highest BCUT2D eigenvalue weighted by molar-refractivity contribution is 5.92. The number of aromatic carboxylic acids is 1. The van der Waals surface area contributed by atoms with E-state index in [4.69, 9.17) is 5.11 Å². The van der Waals surface area contributed by atoms with Crippen LogP contribution in [0.15, 0.2) is 17.1 Å². The lowest BCUT2D eigenvalue weighted by atomic mass is 10.1. The second-order valence-corrected chi connectivity index (χ2v) is 5.41. The molecule has 3 rings (SSSR count). The number of benzene rings is 1. The highest BCUT2D eigenvalue weighted by atomic mass is 19.2. The van der Waals surface area contributed by atoms with Crippen LogP contribution in [-0.4, -0.2) is 15.6 Å². The molecule has 0 bridgehead atoms. The number of carboxylic acid groups (broad SMARTS) is 1. The molecule has 1 aromatic heterocycles. The number of aromatic nitrogens is 1. The van der Waals surface area contributed by atoms with Gasteiger partial charge in [0.15, 0.2) is 17.5 Å². The molecule has 1 N–H and O–H groups in total. The molecule has 4 nitrogen and oxygen atoms in total. The van der Waals surface area contributed by atoms with Crippen LogP contribution in [0.1, 0.15) is 42.1 Å². The zero-order valence-corrected chi connectivity index (χ0v) is 11.4. The Morgan fingerprint density at radius 2 is 1.82 bits per heavy atom. The molecule has 0 radical (unpaired) electrons. The zero-order valence-electron chi connectivity index (χ0n) is 11.4. The van der Waals surface area contributed by atoms with Gasteiger partial charge in [-0.25, -0.2) is 18.0 Å². The van der Waals surface area contributed by atoms with Crippen molar-refractivity contribution in [3.63, 3.8) is 0 Å². The van der Waals surface area contributed by atoms with E-state index in [1.54, 1.807) is 0 Å². The number of rotatable bonds is 2. The number of hydrogen-bond acceptors (Lipinski definition) is 2. The molecule has 0 amide bonds. The molecule has 1 aliphatic carbocycles. The van der Waals surface area contributed by atoms with Gasteiger partial charge in [-0.2, -0.15) is 0 Å². The molecule has 1 aromatic carbocycles. The molecule has 0 aliphatic heterocycles. The van der Waals surface area contributed by atoms with Crippen LogP contribution in [0.4, 0.5) is 13.2 Å². The summed E-state index contributed by atoms with van der Waals surface area (Å²) in [5.74, 6) is -6.12. The third-order valence-electron chi connectivity index (χ3n) is 4.10. The van der Waals surface area contributed by atoms with Crippen molar-refractivity contribution in [1.82, 2.24) is 4.57 Å². The Balaban J connectivity index is 2.46. The molecule has 1 aliphatic rings. The third kappa shape index (κ3) is 2.08. The molecule has 0 atom stereocenters. The van der Waals surface area contributed by atoms with Gasteiger partial charge in [0, 0.05) is 12.2 Å². The van der Waals surface area contributed by atoms with Crippen molar-refractivity contribution >= 4 is 16.9 Å². The van der Waals surface area contributed by atoms with E-state index in [0.29, 0.717) is 18.9 Å². The van der Waals surface area contributed by atoms with E-state index in [9.17, 15) is 22.8 Å². The lowest BCUT2D eigenvalue weighted by Crippen LogP contribution is -2.22. The third-order valence-corrected chi connectivity index (χ3v) is 4.10. The molecule has 116 valence electrons. The number of carbonyl (C=O) groups is 1. The van der Waals surface area contributed by atoms with Gasteiger partial charge in [-0.3, -0.25) is 4.79 Å². The first-order chi connectivity index (χ1) is 10.4. The second kappa shape index (κ2) is 5.15. The van der Waals surface area contributed by atoms with E-state index >= 15 is 0 Å². The van der Waals surface area contributed by atoms with E-state index in [1.165, 1.54) is 4.57 Å². The number of pyridine rings is 1. The van der Waals surface area contributed by atoms with Crippen molar-refractivity contribution in [2.45, 2.75) is 31.7 Å². The number of hydrogen-bond donors (Lipinski definition) is 1. The molecule has 0 saturated heterocycles. The fourth-order valence-corrected chi connectivity index (χ4v) is 3.04. The maximum atomic E-state index is 14.2. The molecule has 7 heteroatoms. The highest BCUT2D eigenvalue weighted by Gasteiger charge is 2.26. The van der Waals surface area contributed by atoms with E-state index in [2.05, 4.69) is 0 Å². The van der Waals surface area contributed by atoms with Crippen LogP contribution in [0.25, 0.3) is 10.9 Å². The van der Waals surface area contributed by atoms with Gasteiger partial charge in [0.25, 0.3) is 0 Å². The van der Waals surface area contributed by atoms with Crippen molar-refractivity contribution in [3.05, 3.63) is 45.5 Å². The predicted molar refractivity (Wildman–Crippen MR) is 72.5 cm³/mol. The number of fused-ring (bicyclic) bond motifs is 1. The fraction of sp³-hybridized carbons (Fsp3) is 0.333. The molecular formula is C15H12F3NO3. The van der Waals surface area contributed by atoms with E-state index in [-0.39, 0.29) is 11.6 Å². The molecule has 1 saturated carbocycles. The zero-order chi connectivity index (χ0) is 16.0. The molecule has 0 unspecified atom stereocenters. The van der Waals surface area contributed by atoms with Gasteiger partial charge in [-0.05, 0) is 18.9 Å². The van der Waals surface area contributed by atoms with Gasteiger partial charge in [0.05, 0.1) is 10.9 Å². The summed E-state index contributed by atoms with van der Waals surface area (Å²) in [7, 11) is 0. The summed E-state index contributed by atoms with van der Waals surface area (Å²) < 4.78 is 42.4. The first-order valence-corrected chi connectivity index (χ1v) is 6.87. The van der Waals surface area contributed by atoms with Crippen LogP contribution < -0.4 is 5.43 Å². The lowest BCUT2D eigenvalue weighted by Gasteiger charge is -2.19. The van der Waals surface area contributed by atoms with Gasteiger partial charge in [0.2, 0.25) is 5.43 Å². The van der Waals surface area contributed by atoms with Gasteiger partial charge >= 0.3 is 5.97 Å². The maximum Gasteiger partial charge on any atom is 0.341 e. The van der Waals surface area contributed by atoms with Crippen molar-refractivity contribution < 1.29 is 23.1 Å².